The molecule has 0 atom stereocenters. The van der Waals surface area contributed by atoms with Crippen molar-refractivity contribution in [2.45, 2.75) is 114 Å². The second kappa shape index (κ2) is 17.8. The summed E-state index contributed by atoms with van der Waals surface area (Å²) in [5.41, 5.74) is 7.87. The van der Waals surface area contributed by atoms with Gasteiger partial charge < -0.3 is 5.11 Å². The Hall–Kier alpha value is -3.15. The molecular weight excluding hydrogens is 879 g/mol. The number of ketones is 1. The Morgan fingerprint density at radius 3 is 2.06 bits per heavy atom. The van der Waals surface area contributed by atoms with E-state index in [0.29, 0.717) is 5.92 Å². The molecule has 289 valence electrons. The minimum absolute atomic E-state index is 0. The molecule has 0 saturated heterocycles. The summed E-state index contributed by atoms with van der Waals surface area (Å²) in [6, 6.07) is 26.0. The topological polar surface area (TPSA) is 50.2 Å². The summed E-state index contributed by atoms with van der Waals surface area (Å²) in [5.74, 6) is 0.923. The smallest absolute Gasteiger partial charge is 0.164 e. The van der Waals surface area contributed by atoms with Crippen molar-refractivity contribution in [3.63, 3.8) is 0 Å². The van der Waals surface area contributed by atoms with Gasteiger partial charge >= 0.3 is 0 Å². The number of aliphatic hydroxyl groups excluding tert-OH is 1. The van der Waals surface area contributed by atoms with Crippen molar-refractivity contribution in [2.75, 3.05) is 0 Å². The SMILES string of the molecule is CC(C)Cc1ccc(-c2cc(-c3[c-]c4ccccc4c(C(C)(C)C)c3)nc3ccsc23)c2ccsc12.CCC(C)(CC)C(=O)/C=C(\O)C(C)(CC)CC.[Ir]. The molecule has 3 heterocycles. The van der Waals surface area contributed by atoms with Gasteiger partial charge in [0.25, 0.3) is 0 Å². The van der Waals surface area contributed by atoms with Crippen LogP contribution in [0.1, 0.15) is 113 Å². The third-order valence-corrected chi connectivity index (χ3v) is 13.4. The van der Waals surface area contributed by atoms with E-state index in [0.717, 1.165) is 54.3 Å². The monoisotopic (exact) mass is 937 g/mol. The predicted octanol–water partition coefficient (Wildman–Crippen LogP) is 14.9. The number of aromatic nitrogens is 1. The van der Waals surface area contributed by atoms with Crippen molar-refractivity contribution in [2.24, 2.45) is 16.7 Å². The molecule has 0 spiro atoms. The molecule has 3 aromatic heterocycles. The summed E-state index contributed by atoms with van der Waals surface area (Å²) in [5, 5.41) is 18.3. The molecule has 3 nitrogen and oxygen atoms in total. The van der Waals surface area contributed by atoms with Crippen LogP contribution < -0.4 is 0 Å². The van der Waals surface area contributed by atoms with E-state index in [-0.39, 0.29) is 47.9 Å². The fourth-order valence-corrected chi connectivity index (χ4v) is 8.73. The normalized spacial score (nSPS) is 12.6. The van der Waals surface area contributed by atoms with E-state index >= 15 is 0 Å². The average molecular weight is 937 g/mol. The maximum Gasteiger partial charge on any atom is 0.164 e. The van der Waals surface area contributed by atoms with E-state index in [2.05, 4.69) is 112 Å². The molecule has 0 aliphatic carbocycles. The fourth-order valence-electron chi connectivity index (χ4n) is 6.92. The van der Waals surface area contributed by atoms with Crippen LogP contribution in [0.2, 0.25) is 0 Å². The largest absolute Gasteiger partial charge is 0.512 e. The first-order valence-corrected chi connectivity index (χ1v) is 21.1. The summed E-state index contributed by atoms with van der Waals surface area (Å²) in [6.45, 7) is 23.5. The maximum atomic E-state index is 12.2. The number of allylic oxidation sites excluding steroid dienone is 2. The first-order chi connectivity index (χ1) is 25.1. The number of fused-ring (bicyclic) bond motifs is 3. The third kappa shape index (κ3) is 9.10. The molecular formula is C48H58IrNO2S2-. The van der Waals surface area contributed by atoms with Gasteiger partial charge in [0.05, 0.1) is 10.2 Å². The molecule has 0 fully saturated rings. The van der Waals surface area contributed by atoms with Gasteiger partial charge in [-0.3, -0.25) is 9.78 Å². The maximum absolute atomic E-state index is 12.2. The van der Waals surface area contributed by atoms with Gasteiger partial charge in [0.15, 0.2) is 5.78 Å². The fraction of sp³-hybridized carbons (Fsp3) is 0.417. The summed E-state index contributed by atoms with van der Waals surface area (Å²) in [7, 11) is 0. The molecule has 6 heteroatoms. The van der Waals surface area contributed by atoms with E-state index in [1.54, 1.807) is 11.3 Å². The molecule has 0 unspecified atom stereocenters. The number of aliphatic hydroxyl groups is 1. The predicted molar refractivity (Wildman–Crippen MR) is 233 cm³/mol. The van der Waals surface area contributed by atoms with E-state index in [1.165, 1.54) is 48.5 Å². The van der Waals surface area contributed by atoms with Crippen LogP contribution in [0.15, 0.2) is 83.3 Å². The molecule has 1 N–H and O–H groups in total. The second-order valence-electron chi connectivity index (χ2n) is 16.5. The van der Waals surface area contributed by atoms with Gasteiger partial charge in [0, 0.05) is 52.8 Å². The molecule has 1 radical (unpaired) electrons. The number of hydrogen-bond donors (Lipinski definition) is 1. The summed E-state index contributed by atoms with van der Waals surface area (Å²) in [4.78, 5) is 17.3. The molecule has 0 aliphatic rings. The third-order valence-electron chi connectivity index (χ3n) is 11.5. The standard InChI is InChI=1S/C33H30NS2.C15H28O2.Ir/c1-20(2)16-22-10-11-25(26-12-14-35-31(22)26)27-19-30(34-29-13-15-36-32(27)29)23-17-21-8-6-7-9-24(21)28(18-23)33(3,4)5;1-7-14(5,8-2)12(16)11-13(17)15(6,9-3)10-4;/h6-15,18-20H,16H2,1-5H3;11,16H,7-10H2,1-6H3;/q-1;;/b;12-11-;. The number of pyridine rings is 1. The Balaban J connectivity index is 0.000000309. The zero-order valence-electron chi connectivity index (χ0n) is 34.1. The van der Waals surface area contributed by atoms with E-state index in [4.69, 9.17) is 4.98 Å². The first kappa shape index (κ1) is 43.6. The Bertz CT molecular complexity index is 2240. The number of carbonyl (C=O) groups excluding carboxylic acids is 1. The van der Waals surface area contributed by atoms with E-state index in [9.17, 15) is 9.90 Å². The van der Waals surface area contributed by atoms with Gasteiger partial charge in [-0.15, -0.1) is 51.8 Å². The van der Waals surface area contributed by atoms with Crippen molar-refractivity contribution < 1.29 is 30.0 Å². The van der Waals surface area contributed by atoms with Crippen LogP contribution in [0.4, 0.5) is 0 Å². The van der Waals surface area contributed by atoms with Crippen LogP contribution in [-0.4, -0.2) is 15.9 Å². The van der Waals surface area contributed by atoms with Crippen molar-refractivity contribution in [3.8, 4) is 22.4 Å². The molecule has 0 aliphatic heterocycles. The first-order valence-electron chi connectivity index (χ1n) is 19.4. The Morgan fingerprint density at radius 1 is 0.796 bits per heavy atom. The molecule has 0 bridgehead atoms. The van der Waals surface area contributed by atoms with Crippen molar-refractivity contribution in [1.29, 1.82) is 0 Å². The van der Waals surface area contributed by atoms with Crippen molar-refractivity contribution in [3.05, 3.63) is 100 Å². The summed E-state index contributed by atoms with van der Waals surface area (Å²) < 4.78 is 2.66. The second-order valence-corrected chi connectivity index (χ2v) is 18.4. The van der Waals surface area contributed by atoms with Crippen LogP contribution in [-0.2, 0) is 36.7 Å². The molecule has 0 amide bonds. The number of thiophene rings is 2. The zero-order valence-corrected chi connectivity index (χ0v) is 38.1. The minimum atomic E-state index is -0.337. The summed E-state index contributed by atoms with van der Waals surface area (Å²) in [6.07, 6.45) is 5.86. The van der Waals surface area contributed by atoms with Crippen LogP contribution in [0, 0.1) is 22.8 Å². The van der Waals surface area contributed by atoms with Gasteiger partial charge in [0.2, 0.25) is 0 Å². The van der Waals surface area contributed by atoms with Crippen LogP contribution >= 0.6 is 22.7 Å². The van der Waals surface area contributed by atoms with Gasteiger partial charge in [-0.2, -0.15) is 0 Å². The molecule has 6 aromatic rings. The van der Waals surface area contributed by atoms with Gasteiger partial charge in [-0.05, 0) is 83.0 Å². The number of hydrogen-bond acceptors (Lipinski definition) is 5. The van der Waals surface area contributed by atoms with Gasteiger partial charge in [-0.25, -0.2) is 0 Å². The Labute approximate surface area is 345 Å². The van der Waals surface area contributed by atoms with E-state index in [1.807, 2.05) is 52.9 Å². The van der Waals surface area contributed by atoms with E-state index < -0.39 is 0 Å². The number of carbonyl (C=O) groups is 1. The Kier molecular flexibility index (Phi) is 14.3. The summed E-state index contributed by atoms with van der Waals surface area (Å²) >= 11 is 3.64. The Morgan fingerprint density at radius 2 is 1.43 bits per heavy atom. The van der Waals surface area contributed by atoms with Crippen molar-refractivity contribution in [1.82, 2.24) is 4.98 Å². The average Bonchev–Trinajstić information content (AvgIpc) is 3.84. The molecule has 3 aromatic carbocycles. The zero-order chi connectivity index (χ0) is 38.7. The number of nitrogens with zero attached hydrogens (tertiary/aromatic N) is 1. The van der Waals surface area contributed by atoms with Crippen LogP contribution in [0.25, 0.3) is 53.5 Å². The van der Waals surface area contributed by atoms with Crippen LogP contribution in [0.3, 0.4) is 0 Å². The van der Waals surface area contributed by atoms with Gasteiger partial charge in [0.1, 0.15) is 5.76 Å². The molecule has 0 saturated carbocycles. The van der Waals surface area contributed by atoms with Crippen molar-refractivity contribution >= 4 is 59.5 Å². The number of benzene rings is 3. The quantitative estimate of drug-likeness (QED) is 0.0800. The molecule has 54 heavy (non-hydrogen) atoms. The van der Waals surface area contributed by atoms with Gasteiger partial charge in [-0.1, -0.05) is 124 Å². The van der Waals surface area contributed by atoms with Crippen LogP contribution in [0.5, 0.6) is 0 Å². The minimum Gasteiger partial charge on any atom is -0.512 e. The number of rotatable bonds is 11. The molecule has 6 rings (SSSR count).